The highest BCUT2D eigenvalue weighted by atomic mass is 32.2. The van der Waals surface area contributed by atoms with Crippen LogP contribution in [-0.4, -0.2) is 35.2 Å². The maximum atomic E-state index is 13.3. The third-order valence-electron chi connectivity index (χ3n) is 6.21. The summed E-state index contributed by atoms with van der Waals surface area (Å²) in [6.07, 6.45) is 10.0. The van der Waals surface area contributed by atoms with Crippen LogP contribution in [0.1, 0.15) is 81.1 Å². The fourth-order valence-electron chi connectivity index (χ4n) is 4.67. The van der Waals surface area contributed by atoms with E-state index in [2.05, 4.69) is 10.1 Å². The first-order chi connectivity index (χ1) is 14.1. The third-order valence-corrected chi connectivity index (χ3v) is 8.26. The van der Waals surface area contributed by atoms with Crippen molar-refractivity contribution in [2.24, 2.45) is 5.92 Å². The van der Waals surface area contributed by atoms with Crippen LogP contribution in [0.3, 0.4) is 0 Å². The zero-order valence-corrected chi connectivity index (χ0v) is 17.8. The van der Waals surface area contributed by atoms with Crippen molar-refractivity contribution < 1.29 is 12.9 Å². The van der Waals surface area contributed by atoms with Gasteiger partial charge in [0, 0.05) is 6.54 Å². The lowest BCUT2D eigenvalue weighted by atomic mass is 10.0. The number of nitrogens with zero attached hydrogens (tertiary/aromatic N) is 3. The quantitative estimate of drug-likeness (QED) is 0.647. The summed E-state index contributed by atoms with van der Waals surface area (Å²) in [7, 11) is -3.33. The van der Waals surface area contributed by atoms with Crippen molar-refractivity contribution in [3.8, 4) is 0 Å². The smallest absolute Gasteiger partial charge is 0.231 e. The predicted octanol–water partition coefficient (Wildman–Crippen LogP) is 4.49. The molecular weight excluding hydrogens is 386 g/mol. The number of aromatic nitrogens is 2. The second-order valence-corrected chi connectivity index (χ2v) is 10.4. The van der Waals surface area contributed by atoms with Crippen LogP contribution in [0.2, 0.25) is 0 Å². The Balaban J connectivity index is 1.48. The molecule has 1 saturated carbocycles. The summed E-state index contributed by atoms with van der Waals surface area (Å²) >= 11 is 0. The number of piperidine rings is 1. The lowest BCUT2D eigenvalue weighted by Crippen LogP contribution is -2.41. The molecule has 1 saturated heterocycles. The Kier molecular flexibility index (Phi) is 6.65. The highest BCUT2D eigenvalue weighted by molar-refractivity contribution is 7.89. The van der Waals surface area contributed by atoms with Crippen LogP contribution < -0.4 is 0 Å². The van der Waals surface area contributed by atoms with Crippen molar-refractivity contribution in [1.82, 2.24) is 14.4 Å². The van der Waals surface area contributed by atoms with E-state index in [9.17, 15) is 8.42 Å². The lowest BCUT2D eigenvalue weighted by molar-refractivity contribution is 0.238. The molecule has 1 aliphatic heterocycles. The fourth-order valence-corrected chi connectivity index (χ4v) is 6.78. The van der Waals surface area contributed by atoms with E-state index in [4.69, 9.17) is 4.52 Å². The second kappa shape index (κ2) is 9.39. The Hall–Kier alpha value is -1.73. The zero-order valence-electron chi connectivity index (χ0n) is 17.0. The molecule has 1 aromatic carbocycles. The molecule has 0 spiro atoms. The number of rotatable bonds is 6. The van der Waals surface area contributed by atoms with Gasteiger partial charge in [-0.25, -0.2) is 8.42 Å². The monoisotopic (exact) mass is 417 g/mol. The van der Waals surface area contributed by atoms with E-state index in [0.717, 1.165) is 50.5 Å². The lowest BCUT2D eigenvalue weighted by Gasteiger charge is -2.33. The summed E-state index contributed by atoms with van der Waals surface area (Å²) in [4.78, 5) is 4.57. The topological polar surface area (TPSA) is 76.3 Å². The van der Waals surface area contributed by atoms with Gasteiger partial charge in [-0.15, -0.1) is 0 Å². The van der Waals surface area contributed by atoms with Crippen LogP contribution in [0.25, 0.3) is 0 Å². The Morgan fingerprint density at radius 2 is 1.69 bits per heavy atom. The average molecular weight is 418 g/mol. The summed E-state index contributed by atoms with van der Waals surface area (Å²) < 4.78 is 33.7. The minimum atomic E-state index is -3.33. The molecule has 0 radical (unpaired) electrons. The van der Waals surface area contributed by atoms with E-state index in [0.29, 0.717) is 24.7 Å². The second-order valence-electron chi connectivity index (χ2n) is 8.47. The molecule has 2 heterocycles. The molecule has 1 atom stereocenters. The van der Waals surface area contributed by atoms with Gasteiger partial charge in [0.15, 0.2) is 5.82 Å². The maximum Gasteiger partial charge on any atom is 0.231 e. The number of hydrogen-bond donors (Lipinski definition) is 0. The van der Waals surface area contributed by atoms with Gasteiger partial charge in [-0.2, -0.15) is 9.29 Å². The number of sulfonamides is 1. The van der Waals surface area contributed by atoms with E-state index < -0.39 is 10.0 Å². The van der Waals surface area contributed by atoms with Crippen LogP contribution in [-0.2, 0) is 16.4 Å². The predicted molar refractivity (Wildman–Crippen MR) is 112 cm³/mol. The molecule has 4 rings (SSSR count). The maximum absolute atomic E-state index is 13.3. The van der Waals surface area contributed by atoms with E-state index in [-0.39, 0.29) is 17.7 Å². The largest absolute Gasteiger partial charge is 0.339 e. The van der Waals surface area contributed by atoms with Crippen LogP contribution in [0.15, 0.2) is 34.9 Å². The van der Waals surface area contributed by atoms with Crippen LogP contribution in [0, 0.1) is 5.92 Å². The number of benzene rings is 1. The molecule has 0 unspecified atom stereocenters. The first-order valence-electron chi connectivity index (χ1n) is 11.0. The van der Waals surface area contributed by atoms with Gasteiger partial charge < -0.3 is 4.52 Å². The third kappa shape index (κ3) is 5.25. The van der Waals surface area contributed by atoms with E-state index in [1.165, 1.54) is 12.8 Å². The molecule has 29 heavy (non-hydrogen) atoms. The minimum Gasteiger partial charge on any atom is -0.339 e. The molecule has 2 fully saturated rings. The minimum absolute atomic E-state index is 0.262. The van der Waals surface area contributed by atoms with E-state index >= 15 is 0 Å². The van der Waals surface area contributed by atoms with Gasteiger partial charge in [0.25, 0.3) is 0 Å². The molecule has 1 aromatic heterocycles. The molecular formula is C22H31N3O3S. The molecule has 0 amide bonds. The fraction of sp³-hybridized carbons (Fsp3) is 0.636. The highest BCUT2D eigenvalue weighted by Gasteiger charge is 2.37. The Morgan fingerprint density at radius 3 is 2.45 bits per heavy atom. The normalized spacial score (nSPS) is 22.4. The first-order valence-corrected chi connectivity index (χ1v) is 12.6. The van der Waals surface area contributed by atoms with Gasteiger partial charge in [0.1, 0.15) is 0 Å². The summed E-state index contributed by atoms with van der Waals surface area (Å²) in [5.74, 6) is 1.60. The van der Waals surface area contributed by atoms with Gasteiger partial charge >= 0.3 is 0 Å². The van der Waals surface area contributed by atoms with Crippen molar-refractivity contribution in [2.45, 2.75) is 70.3 Å². The van der Waals surface area contributed by atoms with Crippen LogP contribution in [0.4, 0.5) is 0 Å². The van der Waals surface area contributed by atoms with Gasteiger partial charge in [-0.1, -0.05) is 67.6 Å². The van der Waals surface area contributed by atoms with Crippen molar-refractivity contribution in [1.29, 1.82) is 0 Å². The average Bonchev–Trinajstić information content (AvgIpc) is 3.04. The van der Waals surface area contributed by atoms with E-state index in [1.807, 2.05) is 30.3 Å². The summed E-state index contributed by atoms with van der Waals surface area (Å²) in [5.41, 5.74) is 1.10. The van der Waals surface area contributed by atoms with Crippen LogP contribution in [0.5, 0.6) is 0 Å². The molecule has 0 bridgehead atoms. The van der Waals surface area contributed by atoms with Crippen LogP contribution >= 0.6 is 0 Å². The van der Waals surface area contributed by atoms with Crippen molar-refractivity contribution >= 4 is 10.0 Å². The highest BCUT2D eigenvalue weighted by Crippen LogP contribution is 2.34. The van der Waals surface area contributed by atoms with Gasteiger partial charge in [0.2, 0.25) is 15.9 Å². The Morgan fingerprint density at radius 1 is 0.966 bits per heavy atom. The molecule has 2 aliphatic rings. The van der Waals surface area contributed by atoms with Crippen molar-refractivity contribution in [3.05, 3.63) is 47.6 Å². The van der Waals surface area contributed by atoms with Gasteiger partial charge in [0.05, 0.1) is 18.2 Å². The van der Waals surface area contributed by atoms with Gasteiger partial charge in [-0.05, 0) is 37.2 Å². The van der Waals surface area contributed by atoms with Gasteiger partial charge in [-0.3, -0.25) is 0 Å². The van der Waals surface area contributed by atoms with Crippen molar-refractivity contribution in [3.63, 3.8) is 0 Å². The Bertz CT molecular complexity index is 874. The SMILES string of the molecule is O=S(=O)(CC1CCCCCC1)N1CCCC[C@H]1c1noc(Cc2ccccc2)n1. The summed E-state index contributed by atoms with van der Waals surface area (Å²) in [6.45, 7) is 0.558. The zero-order chi connectivity index (χ0) is 20.1. The molecule has 6 nitrogen and oxygen atoms in total. The molecule has 1 aliphatic carbocycles. The standard InChI is InChI=1S/C22H31N3O3S/c26-29(27,17-19-12-4-1-2-5-13-19)25-15-9-8-14-20(25)22-23-21(28-24-22)16-18-10-6-3-7-11-18/h3,6-7,10-11,19-20H,1-2,4-5,8-9,12-17H2/t20-/m0/s1. The molecule has 7 heteroatoms. The summed E-state index contributed by atoms with van der Waals surface area (Å²) in [6, 6.07) is 9.68. The first kappa shape index (κ1) is 20.5. The molecule has 2 aromatic rings. The number of hydrogen-bond acceptors (Lipinski definition) is 5. The van der Waals surface area contributed by atoms with E-state index in [1.54, 1.807) is 4.31 Å². The molecule has 158 valence electrons. The Labute approximate surface area is 173 Å². The summed E-state index contributed by atoms with van der Waals surface area (Å²) in [5, 5.41) is 4.17. The van der Waals surface area contributed by atoms with Crippen molar-refractivity contribution in [2.75, 3.05) is 12.3 Å². The molecule has 0 N–H and O–H groups in total.